The number of hydrazone groups is 1. The Bertz CT molecular complexity index is 1500. The first kappa shape index (κ1) is 21.9. The van der Waals surface area contributed by atoms with Gasteiger partial charge in [0.15, 0.2) is 5.76 Å². The molecule has 2 aromatic heterocycles. The molecular formula is C30H26N4O2. The summed E-state index contributed by atoms with van der Waals surface area (Å²) in [6.45, 7) is 1.95. The molecule has 0 fully saturated rings. The van der Waals surface area contributed by atoms with Crippen molar-refractivity contribution in [1.29, 1.82) is 0 Å². The first-order valence-electron chi connectivity index (χ1n) is 12.0. The van der Waals surface area contributed by atoms with Crippen LogP contribution in [0.2, 0.25) is 0 Å². The summed E-state index contributed by atoms with van der Waals surface area (Å²) in [7, 11) is 1.68. The van der Waals surface area contributed by atoms with E-state index in [2.05, 4.69) is 47.6 Å². The number of rotatable bonds is 6. The van der Waals surface area contributed by atoms with Gasteiger partial charge in [-0.1, -0.05) is 36.4 Å². The third-order valence-electron chi connectivity index (χ3n) is 6.45. The molecule has 1 aliphatic heterocycles. The number of benzene rings is 3. The Balaban J connectivity index is 1.47. The Labute approximate surface area is 210 Å². The van der Waals surface area contributed by atoms with Gasteiger partial charge in [0.05, 0.1) is 30.2 Å². The number of methoxy groups -OCH3 is 1. The maximum Gasteiger partial charge on any atom is 0.154 e. The van der Waals surface area contributed by atoms with Crippen molar-refractivity contribution >= 4 is 11.4 Å². The van der Waals surface area contributed by atoms with Crippen LogP contribution in [0.25, 0.3) is 17.1 Å². The average molecular weight is 475 g/mol. The quantitative estimate of drug-likeness (QED) is 0.271. The van der Waals surface area contributed by atoms with Crippen molar-refractivity contribution in [2.24, 2.45) is 5.10 Å². The zero-order valence-corrected chi connectivity index (χ0v) is 20.2. The molecule has 1 atom stereocenters. The van der Waals surface area contributed by atoms with E-state index >= 15 is 0 Å². The summed E-state index contributed by atoms with van der Waals surface area (Å²) in [5.41, 5.74) is 5.99. The second-order valence-corrected chi connectivity index (χ2v) is 8.80. The van der Waals surface area contributed by atoms with Crippen LogP contribution in [0.15, 0.2) is 113 Å². The Hall–Kier alpha value is -4.58. The van der Waals surface area contributed by atoms with E-state index < -0.39 is 0 Å². The molecule has 5 aromatic rings. The monoisotopic (exact) mass is 474 g/mol. The molecule has 178 valence electrons. The van der Waals surface area contributed by atoms with Crippen LogP contribution in [-0.2, 0) is 0 Å². The summed E-state index contributed by atoms with van der Waals surface area (Å²) >= 11 is 0. The van der Waals surface area contributed by atoms with Crippen LogP contribution in [-0.4, -0.2) is 22.6 Å². The molecule has 0 amide bonds. The molecule has 3 heterocycles. The Morgan fingerprint density at radius 1 is 0.833 bits per heavy atom. The molecule has 0 aliphatic carbocycles. The van der Waals surface area contributed by atoms with Gasteiger partial charge in [-0.05, 0) is 73.2 Å². The summed E-state index contributed by atoms with van der Waals surface area (Å²) in [5.74, 6) is 2.43. The maximum absolute atomic E-state index is 6.05. The highest BCUT2D eigenvalue weighted by atomic mass is 16.5. The fraction of sp³-hybridized carbons (Fsp3) is 0.133. The van der Waals surface area contributed by atoms with Crippen LogP contribution in [0.1, 0.15) is 29.3 Å². The standard InChI is InChI=1S/C30H26N4O2/c1-21-13-18-29(36-21)30-26(20-33(32-30)23-9-5-3-6-10-23)28-19-27(22-14-16-25(35-2)17-15-22)31-34(28)24-11-7-4-8-12-24/h3-18,20,28H,19H2,1-2H3/t28-/m0/s1. The van der Waals surface area contributed by atoms with Gasteiger partial charge in [0.2, 0.25) is 0 Å². The molecule has 0 spiro atoms. The van der Waals surface area contributed by atoms with E-state index in [-0.39, 0.29) is 6.04 Å². The van der Waals surface area contributed by atoms with Crippen molar-refractivity contribution in [3.05, 3.63) is 120 Å². The molecule has 0 bridgehead atoms. The fourth-order valence-corrected chi connectivity index (χ4v) is 4.63. The molecule has 6 rings (SSSR count). The van der Waals surface area contributed by atoms with E-state index in [0.29, 0.717) is 0 Å². The van der Waals surface area contributed by atoms with Gasteiger partial charge in [0, 0.05) is 18.2 Å². The SMILES string of the molecule is COc1ccc(C2=NN(c3ccccc3)[C@H](c3cn(-c4ccccc4)nc3-c3ccc(C)o3)C2)cc1. The van der Waals surface area contributed by atoms with E-state index in [0.717, 1.165) is 57.6 Å². The minimum atomic E-state index is -0.0534. The number of anilines is 1. The molecule has 3 aromatic carbocycles. The lowest BCUT2D eigenvalue weighted by Gasteiger charge is -2.23. The van der Waals surface area contributed by atoms with E-state index in [1.165, 1.54) is 0 Å². The largest absolute Gasteiger partial charge is 0.497 e. The van der Waals surface area contributed by atoms with Gasteiger partial charge in [-0.15, -0.1) is 0 Å². The highest BCUT2D eigenvalue weighted by Crippen LogP contribution is 2.41. The normalized spacial score (nSPS) is 15.2. The number of para-hydroxylation sites is 2. The molecule has 36 heavy (non-hydrogen) atoms. The predicted molar refractivity (Wildman–Crippen MR) is 142 cm³/mol. The van der Waals surface area contributed by atoms with Crippen molar-refractivity contribution in [2.45, 2.75) is 19.4 Å². The third kappa shape index (κ3) is 4.07. The minimum Gasteiger partial charge on any atom is -0.497 e. The number of ether oxygens (including phenoxy) is 1. The third-order valence-corrected chi connectivity index (χ3v) is 6.45. The van der Waals surface area contributed by atoms with Crippen molar-refractivity contribution < 1.29 is 9.15 Å². The van der Waals surface area contributed by atoms with Crippen LogP contribution >= 0.6 is 0 Å². The van der Waals surface area contributed by atoms with Gasteiger partial charge in [-0.25, -0.2) is 4.68 Å². The number of hydrogen-bond acceptors (Lipinski definition) is 5. The van der Waals surface area contributed by atoms with Gasteiger partial charge >= 0.3 is 0 Å². The van der Waals surface area contributed by atoms with Crippen molar-refractivity contribution in [1.82, 2.24) is 9.78 Å². The van der Waals surface area contributed by atoms with Gasteiger partial charge in [-0.3, -0.25) is 5.01 Å². The lowest BCUT2D eigenvalue weighted by Crippen LogP contribution is -2.18. The molecule has 0 saturated heterocycles. The van der Waals surface area contributed by atoms with Crippen LogP contribution in [0.3, 0.4) is 0 Å². The number of aromatic nitrogens is 2. The predicted octanol–water partition coefficient (Wildman–Crippen LogP) is 6.81. The molecular weight excluding hydrogens is 448 g/mol. The lowest BCUT2D eigenvalue weighted by atomic mass is 9.97. The minimum absolute atomic E-state index is 0.0534. The van der Waals surface area contributed by atoms with Crippen molar-refractivity contribution in [3.63, 3.8) is 0 Å². The molecule has 6 nitrogen and oxygen atoms in total. The second-order valence-electron chi connectivity index (χ2n) is 8.80. The summed E-state index contributed by atoms with van der Waals surface area (Å²) in [4.78, 5) is 0. The number of aryl methyl sites for hydroxylation is 1. The fourth-order valence-electron chi connectivity index (χ4n) is 4.63. The highest BCUT2D eigenvalue weighted by molar-refractivity contribution is 6.03. The number of furan rings is 1. The zero-order chi connectivity index (χ0) is 24.5. The molecule has 0 N–H and O–H groups in total. The number of nitrogens with zero attached hydrogens (tertiary/aromatic N) is 4. The summed E-state index contributed by atoms with van der Waals surface area (Å²) in [6.07, 6.45) is 2.84. The van der Waals surface area contributed by atoms with Gasteiger partial charge in [0.25, 0.3) is 0 Å². The molecule has 0 unspecified atom stereocenters. The maximum atomic E-state index is 6.05. The van der Waals surface area contributed by atoms with Crippen molar-refractivity contribution in [2.75, 3.05) is 12.1 Å². The Kier molecular flexibility index (Phi) is 5.62. The lowest BCUT2D eigenvalue weighted by molar-refractivity contribution is 0.415. The summed E-state index contributed by atoms with van der Waals surface area (Å²) in [5, 5.41) is 12.2. The summed E-state index contributed by atoms with van der Waals surface area (Å²) in [6, 6.07) is 32.4. The molecule has 0 radical (unpaired) electrons. The molecule has 6 heteroatoms. The first-order chi connectivity index (χ1) is 17.7. The van der Waals surface area contributed by atoms with E-state index in [9.17, 15) is 0 Å². The van der Waals surface area contributed by atoms with E-state index in [1.807, 2.05) is 72.3 Å². The van der Waals surface area contributed by atoms with Crippen LogP contribution in [0.4, 0.5) is 5.69 Å². The average Bonchev–Trinajstić information content (AvgIpc) is 3.68. The smallest absolute Gasteiger partial charge is 0.154 e. The van der Waals surface area contributed by atoms with E-state index in [1.54, 1.807) is 7.11 Å². The highest BCUT2D eigenvalue weighted by Gasteiger charge is 2.34. The van der Waals surface area contributed by atoms with Crippen LogP contribution < -0.4 is 9.75 Å². The zero-order valence-electron chi connectivity index (χ0n) is 20.2. The second kappa shape index (κ2) is 9.23. The van der Waals surface area contributed by atoms with Crippen molar-refractivity contribution in [3.8, 4) is 22.9 Å². The first-order valence-corrected chi connectivity index (χ1v) is 12.0. The molecule has 0 saturated carbocycles. The number of hydrogen-bond donors (Lipinski definition) is 0. The molecule has 1 aliphatic rings. The van der Waals surface area contributed by atoms with Gasteiger partial charge < -0.3 is 9.15 Å². The van der Waals surface area contributed by atoms with E-state index in [4.69, 9.17) is 19.4 Å². The Morgan fingerprint density at radius 2 is 1.53 bits per heavy atom. The topological polar surface area (TPSA) is 55.8 Å². The van der Waals surface area contributed by atoms with Gasteiger partial charge in [0.1, 0.15) is 17.2 Å². The van der Waals surface area contributed by atoms with Crippen LogP contribution in [0.5, 0.6) is 5.75 Å². The van der Waals surface area contributed by atoms with Crippen LogP contribution in [0, 0.1) is 6.92 Å². The summed E-state index contributed by atoms with van der Waals surface area (Å²) < 4.78 is 13.3. The van der Waals surface area contributed by atoms with Gasteiger partial charge in [-0.2, -0.15) is 10.2 Å². The Morgan fingerprint density at radius 3 is 2.17 bits per heavy atom.